The number of rotatable bonds is 4. The van der Waals surface area contributed by atoms with E-state index in [1.165, 1.54) is 35.7 Å². The first kappa shape index (κ1) is 14.0. The van der Waals surface area contributed by atoms with Crippen molar-refractivity contribution < 1.29 is 0 Å². The summed E-state index contributed by atoms with van der Waals surface area (Å²) < 4.78 is 0. The van der Waals surface area contributed by atoms with Crippen LogP contribution in [-0.4, -0.2) is 24.5 Å². The van der Waals surface area contributed by atoms with Gasteiger partial charge in [-0.05, 0) is 43.4 Å². The smallest absolute Gasteiger partial charge is 0.0564 e. The van der Waals surface area contributed by atoms with Crippen LogP contribution in [0.3, 0.4) is 0 Å². The third kappa shape index (κ3) is 3.14. The molecular weight excluding hydrogens is 240 g/mol. The van der Waals surface area contributed by atoms with Gasteiger partial charge in [-0.1, -0.05) is 20.8 Å². The molecule has 1 aliphatic heterocycles. The standard InChI is InChI=1S/C15H26N2S/c1-4-12-6-7-14(18-12)13(10-16)17-9-5-8-15(2,3)11-17/h6-7,13H,4-5,8-11,16H2,1-3H3. The molecule has 0 aromatic carbocycles. The minimum Gasteiger partial charge on any atom is -0.329 e. The second kappa shape index (κ2) is 5.72. The molecule has 2 N–H and O–H groups in total. The number of piperidine rings is 1. The van der Waals surface area contributed by atoms with Crippen LogP contribution in [-0.2, 0) is 6.42 Å². The average Bonchev–Trinajstić information content (AvgIpc) is 2.77. The lowest BCUT2D eigenvalue weighted by atomic mass is 9.83. The van der Waals surface area contributed by atoms with Crippen LogP contribution in [0.1, 0.15) is 49.4 Å². The summed E-state index contributed by atoms with van der Waals surface area (Å²) >= 11 is 1.94. The van der Waals surface area contributed by atoms with Gasteiger partial charge >= 0.3 is 0 Å². The molecule has 3 heteroatoms. The monoisotopic (exact) mass is 266 g/mol. The van der Waals surface area contributed by atoms with Gasteiger partial charge in [0.15, 0.2) is 0 Å². The molecular formula is C15H26N2S. The van der Waals surface area contributed by atoms with Gasteiger partial charge in [0.2, 0.25) is 0 Å². The Morgan fingerprint density at radius 1 is 1.44 bits per heavy atom. The number of likely N-dealkylation sites (tertiary alicyclic amines) is 1. The van der Waals surface area contributed by atoms with Crippen LogP contribution < -0.4 is 5.73 Å². The molecule has 2 rings (SSSR count). The number of aryl methyl sites for hydroxylation is 1. The lowest BCUT2D eigenvalue weighted by Crippen LogP contribution is -2.44. The fraction of sp³-hybridized carbons (Fsp3) is 0.733. The highest BCUT2D eigenvalue weighted by Gasteiger charge is 2.31. The first-order valence-electron chi connectivity index (χ1n) is 7.08. The zero-order chi connectivity index (χ0) is 13.2. The van der Waals surface area contributed by atoms with Crippen LogP contribution in [0.2, 0.25) is 0 Å². The highest BCUT2D eigenvalue weighted by molar-refractivity contribution is 7.12. The summed E-state index contributed by atoms with van der Waals surface area (Å²) in [5.74, 6) is 0. The van der Waals surface area contributed by atoms with E-state index in [4.69, 9.17) is 5.73 Å². The molecule has 0 aliphatic carbocycles. The second-order valence-electron chi connectivity index (χ2n) is 6.15. The maximum absolute atomic E-state index is 6.04. The molecule has 1 aliphatic rings. The Labute approximate surface area is 115 Å². The van der Waals surface area contributed by atoms with Gasteiger partial charge in [0, 0.05) is 22.8 Å². The molecule has 1 aromatic heterocycles. The molecule has 2 nitrogen and oxygen atoms in total. The van der Waals surface area contributed by atoms with Crippen LogP contribution in [0.4, 0.5) is 0 Å². The molecule has 102 valence electrons. The molecule has 0 saturated carbocycles. The highest BCUT2D eigenvalue weighted by Crippen LogP contribution is 2.35. The summed E-state index contributed by atoms with van der Waals surface area (Å²) in [5, 5.41) is 0. The quantitative estimate of drug-likeness (QED) is 0.904. The van der Waals surface area contributed by atoms with Crippen molar-refractivity contribution in [3.63, 3.8) is 0 Å². The van der Waals surface area contributed by atoms with E-state index in [9.17, 15) is 0 Å². The number of nitrogens with two attached hydrogens (primary N) is 1. The SMILES string of the molecule is CCc1ccc(C(CN)N2CCCC(C)(C)C2)s1. The largest absolute Gasteiger partial charge is 0.329 e. The van der Waals surface area contributed by atoms with E-state index in [0.717, 1.165) is 13.0 Å². The summed E-state index contributed by atoms with van der Waals surface area (Å²) in [6, 6.07) is 4.97. The molecule has 1 atom stereocenters. The summed E-state index contributed by atoms with van der Waals surface area (Å²) in [6.07, 6.45) is 3.77. The van der Waals surface area contributed by atoms with Crippen molar-refractivity contribution in [1.82, 2.24) is 4.90 Å². The van der Waals surface area contributed by atoms with Gasteiger partial charge in [0.1, 0.15) is 0 Å². The highest BCUT2D eigenvalue weighted by atomic mass is 32.1. The number of hydrogen-bond donors (Lipinski definition) is 1. The molecule has 0 spiro atoms. The third-order valence-electron chi connectivity index (χ3n) is 3.95. The van der Waals surface area contributed by atoms with Gasteiger partial charge in [-0.15, -0.1) is 11.3 Å². The van der Waals surface area contributed by atoms with Gasteiger partial charge in [0.05, 0.1) is 6.04 Å². The Morgan fingerprint density at radius 2 is 2.22 bits per heavy atom. The van der Waals surface area contributed by atoms with Gasteiger partial charge in [-0.25, -0.2) is 0 Å². The summed E-state index contributed by atoms with van der Waals surface area (Å²) in [5.41, 5.74) is 6.48. The maximum atomic E-state index is 6.04. The Hall–Kier alpha value is -0.380. The zero-order valence-corrected chi connectivity index (χ0v) is 12.7. The van der Waals surface area contributed by atoms with Crippen LogP contribution in [0.5, 0.6) is 0 Å². The van der Waals surface area contributed by atoms with Gasteiger partial charge in [0.25, 0.3) is 0 Å². The lowest BCUT2D eigenvalue weighted by molar-refractivity contribution is 0.0820. The Morgan fingerprint density at radius 3 is 2.78 bits per heavy atom. The van der Waals surface area contributed by atoms with Crippen molar-refractivity contribution in [1.29, 1.82) is 0 Å². The Bertz CT molecular complexity index is 384. The molecule has 0 bridgehead atoms. The van der Waals surface area contributed by atoms with Crippen LogP contribution in [0.15, 0.2) is 12.1 Å². The lowest BCUT2D eigenvalue weighted by Gasteiger charge is -2.41. The van der Waals surface area contributed by atoms with E-state index in [1.807, 2.05) is 11.3 Å². The van der Waals surface area contributed by atoms with E-state index < -0.39 is 0 Å². The molecule has 1 aromatic rings. The molecule has 18 heavy (non-hydrogen) atoms. The van der Waals surface area contributed by atoms with Crippen LogP contribution in [0.25, 0.3) is 0 Å². The molecule has 1 unspecified atom stereocenters. The number of hydrogen-bond acceptors (Lipinski definition) is 3. The Kier molecular flexibility index (Phi) is 4.46. The fourth-order valence-corrected chi connectivity index (χ4v) is 4.04. The molecule has 0 amide bonds. The molecule has 1 saturated heterocycles. The van der Waals surface area contributed by atoms with E-state index >= 15 is 0 Å². The Balaban J connectivity index is 2.12. The summed E-state index contributed by atoms with van der Waals surface area (Å²) in [7, 11) is 0. The normalized spacial score (nSPS) is 22.0. The average molecular weight is 266 g/mol. The van der Waals surface area contributed by atoms with E-state index in [2.05, 4.69) is 37.8 Å². The molecule has 1 fully saturated rings. The third-order valence-corrected chi connectivity index (χ3v) is 5.28. The number of nitrogens with zero attached hydrogens (tertiary/aromatic N) is 1. The van der Waals surface area contributed by atoms with Crippen molar-refractivity contribution in [2.75, 3.05) is 19.6 Å². The van der Waals surface area contributed by atoms with Crippen molar-refractivity contribution in [2.24, 2.45) is 11.1 Å². The maximum Gasteiger partial charge on any atom is 0.0564 e. The molecule has 0 radical (unpaired) electrons. The van der Waals surface area contributed by atoms with Crippen LogP contribution in [0, 0.1) is 5.41 Å². The summed E-state index contributed by atoms with van der Waals surface area (Å²) in [4.78, 5) is 5.51. The summed E-state index contributed by atoms with van der Waals surface area (Å²) in [6.45, 7) is 10.1. The minimum atomic E-state index is 0.426. The predicted octanol–water partition coefficient (Wildman–Crippen LogP) is 3.43. The van der Waals surface area contributed by atoms with Crippen molar-refractivity contribution >= 4 is 11.3 Å². The van der Waals surface area contributed by atoms with E-state index in [1.54, 1.807) is 0 Å². The van der Waals surface area contributed by atoms with E-state index in [0.29, 0.717) is 11.5 Å². The van der Waals surface area contributed by atoms with Gasteiger partial charge < -0.3 is 5.73 Å². The predicted molar refractivity (Wildman–Crippen MR) is 80.1 cm³/mol. The first-order valence-corrected chi connectivity index (χ1v) is 7.90. The molecule has 2 heterocycles. The van der Waals surface area contributed by atoms with Crippen LogP contribution >= 0.6 is 11.3 Å². The van der Waals surface area contributed by atoms with Crippen molar-refractivity contribution in [2.45, 2.75) is 46.1 Å². The second-order valence-corrected chi connectivity index (χ2v) is 7.35. The minimum absolute atomic E-state index is 0.426. The number of thiophene rings is 1. The topological polar surface area (TPSA) is 29.3 Å². The van der Waals surface area contributed by atoms with Crippen molar-refractivity contribution in [3.8, 4) is 0 Å². The van der Waals surface area contributed by atoms with E-state index in [-0.39, 0.29) is 0 Å². The fourth-order valence-electron chi connectivity index (χ4n) is 2.94. The zero-order valence-electron chi connectivity index (χ0n) is 11.9. The van der Waals surface area contributed by atoms with Gasteiger partial charge in [-0.2, -0.15) is 0 Å². The first-order chi connectivity index (χ1) is 8.55. The van der Waals surface area contributed by atoms with Crippen molar-refractivity contribution in [3.05, 3.63) is 21.9 Å². The van der Waals surface area contributed by atoms with Gasteiger partial charge in [-0.3, -0.25) is 4.90 Å².